The van der Waals surface area contributed by atoms with Gasteiger partial charge in [-0.05, 0) is 97.9 Å². The number of allylic oxidation sites excluding steroid dienone is 1. The van der Waals surface area contributed by atoms with E-state index >= 15 is 0 Å². The topological polar surface area (TPSA) is 82.9 Å². The van der Waals surface area contributed by atoms with Crippen molar-refractivity contribution < 1.29 is 14.0 Å². The molecule has 3 aromatic carbocycles. The maximum Gasteiger partial charge on any atom is 0.287 e. The lowest BCUT2D eigenvalue weighted by Crippen LogP contribution is -2.37. The molecule has 0 spiro atoms. The number of anilines is 1. The molecule has 7 rings (SSSR count). The van der Waals surface area contributed by atoms with Gasteiger partial charge in [-0.1, -0.05) is 59.6 Å². The first-order valence-electron chi connectivity index (χ1n) is 17.1. The molecule has 2 aliphatic carbocycles. The molecule has 2 saturated carbocycles. The highest BCUT2D eigenvalue weighted by molar-refractivity contribution is 6.30. The van der Waals surface area contributed by atoms with Crippen molar-refractivity contribution in [3.8, 4) is 0 Å². The summed E-state index contributed by atoms with van der Waals surface area (Å²) in [7, 11) is 3.83. The quantitative estimate of drug-likeness (QED) is 0.193. The van der Waals surface area contributed by atoms with Crippen LogP contribution in [-0.4, -0.2) is 42.9 Å². The number of carbonyl (C=O) groups is 2. The Kier molecular flexibility index (Phi) is 8.90. The van der Waals surface area contributed by atoms with Gasteiger partial charge in [0.2, 0.25) is 5.91 Å². The van der Waals surface area contributed by atoms with Crippen LogP contribution in [0.15, 0.2) is 93.7 Å². The molecule has 2 heterocycles. The highest BCUT2D eigenvalue weighted by atomic mass is 35.5. The van der Waals surface area contributed by atoms with Crippen molar-refractivity contribution in [1.29, 1.82) is 0 Å². The number of nitrogens with one attached hydrogen (secondary N) is 1. The van der Waals surface area contributed by atoms with Crippen LogP contribution in [0.4, 0.5) is 5.69 Å². The van der Waals surface area contributed by atoms with E-state index in [-0.39, 0.29) is 23.0 Å². The van der Waals surface area contributed by atoms with Gasteiger partial charge in [-0.3, -0.25) is 14.4 Å². The molecule has 0 bridgehead atoms. The van der Waals surface area contributed by atoms with E-state index in [2.05, 4.69) is 35.7 Å². The lowest BCUT2D eigenvalue weighted by molar-refractivity contribution is -0.133. The number of hydrogen-bond donors (Lipinski definition) is 1. The van der Waals surface area contributed by atoms with Crippen molar-refractivity contribution in [3.63, 3.8) is 0 Å². The Morgan fingerprint density at radius 3 is 2.52 bits per heavy atom. The van der Waals surface area contributed by atoms with Gasteiger partial charge < -0.3 is 19.5 Å². The Morgan fingerprint density at radius 1 is 1.00 bits per heavy atom. The van der Waals surface area contributed by atoms with Crippen molar-refractivity contribution in [2.45, 2.75) is 75.3 Å². The van der Waals surface area contributed by atoms with Gasteiger partial charge in [-0.15, -0.1) is 0 Å². The summed E-state index contributed by atoms with van der Waals surface area (Å²) in [6, 6.07) is 23.1. The molecule has 4 aromatic rings. The highest BCUT2D eigenvalue weighted by Gasteiger charge is 2.55. The fourth-order valence-electron chi connectivity index (χ4n) is 7.65. The second-order valence-corrected chi connectivity index (χ2v) is 14.3. The van der Waals surface area contributed by atoms with Crippen LogP contribution < -0.4 is 15.6 Å². The first-order chi connectivity index (χ1) is 23.2. The molecular formula is C40H42ClN3O4. The zero-order valence-corrected chi connectivity index (χ0v) is 28.4. The van der Waals surface area contributed by atoms with Crippen LogP contribution in [0.5, 0.6) is 0 Å². The largest absolute Gasteiger partial charge is 0.451 e. The normalized spacial score (nSPS) is 22.4. The van der Waals surface area contributed by atoms with E-state index < -0.39 is 11.4 Å². The zero-order chi connectivity index (χ0) is 33.4. The minimum Gasteiger partial charge on any atom is -0.451 e. The van der Waals surface area contributed by atoms with Gasteiger partial charge >= 0.3 is 0 Å². The summed E-state index contributed by atoms with van der Waals surface area (Å²) < 4.78 is 6.00. The van der Waals surface area contributed by atoms with E-state index in [0.29, 0.717) is 34.9 Å². The lowest BCUT2D eigenvalue weighted by atomic mass is 9.79. The van der Waals surface area contributed by atoms with E-state index in [0.717, 1.165) is 62.7 Å². The van der Waals surface area contributed by atoms with Crippen LogP contribution in [0.3, 0.4) is 0 Å². The van der Waals surface area contributed by atoms with Gasteiger partial charge in [-0.2, -0.15) is 0 Å². The average Bonchev–Trinajstić information content (AvgIpc) is 3.78. The summed E-state index contributed by atoms with van der Waals surface area (Å²) in [6.45, 7) is 1.53. The van der Waals surface area contributed by atoms with Crippen LogP contribution in [0.2, 0.25) is 5.02 Å². The first kappa shape index (κ1) is 32.2. The van der Waals surface area contributed by atoms with Crippen molar-refractivity contribution in [3.05, 3.63) is 122 Å². The van der Waals surface area contributed by atoms with Gasteiger partial charge in [0.15, 0.2) is 11.2 Å². The number of rotatable bonds is 8. The minimum absolute atomic E-state index is 0.0112. The van der Waals surface area contributed by atoms with E-state index in [9.17, 15) is 14.4 Å². The monoisotopic (exact) mass is 663 g/mol. The molecular weight excluding hydrogens is 622 g/mol. The number of likely N-dealkylation sites (tertiary alicyclic amines) is 1. The Bertz CT molecular complexity index is 1940. The zero-order valence-electron chi connectivity index (χ0n) is 27.6. The van der Waals surface area contributed by atoms with Gasteiger partial charge in [0.05, 0.1) is 10.9 Å². The fourth-order valence-corrected chi connectivity index (χ4v) is 7.78. The molecule has 48 heavy (non-hydrogen) atoms. The number of amides is 2. The molecule has 2 atom stereocenters. The van der Waals surface area contributed by atoms with E-state index in [1.165, 1.54) is 22.8 Å². The molecule has 1 aromatic heterocycles. The smallest absolute Gasteiger partial charge is 0.287 e. The standard InChI is InChI=1S/C40H42ClN3O4/c1-43(2)31-18-19-36-33(21-31)35(45)22-37(48-36)39(47)42-40(24-34(40)28-14-16-30(41)17-15-28)23-26-10-12-27(13-11-26)32-8-4-3-7-29(32)25-44-20-6-5-9-38(44)46/h3-4,7-8,14-19,21-23,27,34H,5-6,9-13,20,24-25H2,1-2H3,(H,42,47). The van der Waals surface area contributed by atoms with Gasteiger partial charge in [0.25, 0.3) is 5.91 Å². The minimum atomic E-state index is -0.581. The third kappa shape index (κ3) is 6.66. The second kappa shape index (κ2) is 13.3. The van der Waals surface area contributed by atoms with E-state index in [1.807, 2.05) is 54.2 Å². The molecule has 2 unspecified atom stereocenters. The van der Waals surface area contributed by atoms with Crippen LogP contribution in [0.25, 0.3) is 11.0 Å². The van der Waals surface area contributed by atoms with Crippen molar-refractivity contribution in [2.24, 2.45) is 0 Å². The first-order valence-corrected chi connectivity index (χ1v) is 17.5. The van der Waals surface area contributed by atoms with E-state index in [4.69, 9.17) is 16.0 Å². The highest BCUT2D eigenvalue weighted by Crippen LogP contribution is 2.54. The van der Waals surface area contributed by atoms with Crippen LogP contribution in [0.1, 0.15) is 90.4 Å². The Labute approximate surface area is 286 Å². The van der Waals surface area contributed by atoms with Crippen molar-refractivity contribution in [1.82, 2.24) is 10.2 Å². The predicted octanol–water partition coefficient (Wildman–Crippen LogP) is 7.97. The molecule has 0 radical (unpaired) electrons. The van der Waals surface area contributed by atoms with Gasteiger partial charge in [0.1, 0.15) is 5.58 Å². The number of piperidine rings is 1. The number of nitrogens with zero attached hydrogens (tertiary/aromatic N) is 2. The number of carbonyl (C=O) groups excluding carboxylic acids is 2. The molecule has 2 amide bonds. The van der Waals surface area contributed by atoms with Crippen LogP contribution in [-0.2, 0) is 11.3 Å². The Hall–Kier alpha value is -4.36. The molecule has 7 nitrogen and oxygen atoms in total. The Balaban J connectivity index is 1.11. The molecule has 248 valence electrons. The van der Waals surface area contributed by atoms with Gasteiger partial charge in [0, 0.05) is 56.3 Å². The third-order valence-corrected chi connectivity index (χ3v) is 10.7. The van der Waals surface area contributed by atoms with Crippen LogP contribution in [0, 0.1) is 0 Å². The second-order valence-electron chi connectivity index (χ2n) is 13.9. The van der Waals surface area contributed by atoms with Crippen LogP contribution >= 0.6 is 11.6 Å². The van der Waals surface area contributed by atoms with E-state index in [1.54, 1.807) is 12.1 Å². The molecule has 1 aliphatic heterocycles. The maximum atomic E-state index is 13.8. The summed E-state index contributed by atoms with van der Waals surface area (Å²) in [5, 5.41) is 4.41. The number of hydrogen-bond acceptors (Lipinski definition) is 5. The molecule has 3 fully saturated rings. The number of benzene rings is 3. The molecule has 1 saturated heterocycles. The summed E-state index contributed by atoms with van der Waals surface area (Å²) in [4.78, 5) is 43.4. The number of fused-ring (bicyclic) bond motifs is 1. The molecule has 8 heteroatoms. The SMILES string of the molecule is CN(C)c1ccc2oc(C(=O)NC3(C=C4CCC(c5ccccc5CN5CCCCC5=O)CC4)CC3c3ccc(Cl)cc3)cc(=O)c2c1. The number of halogens is 1. The average molecular weight is 664 g/mol. The van der Waals surface area contributed by atoms with Crippen molar-refractivity contribution in [2.75, 3.05) is 25.5 Å². The predicted molar refractivity (Wildman–Crippen MR) is 191 cm³/mol. The molecule has 1 N–H and O–H groups in total. The van der Waals surface area contributed by atoms with Crippen molar-refractivity contribution >= 4 is 40.1 Å². The third-order valence-electron chi connectivity index (χ3n) is 10.4. The Morgan fingerprint density at radius 2 is 1.77 bits per heavy atom. The summed E-state index contributed by atoms with van der Waals surface area (Å²) in [5.41, 5.74) is 5.51. The summed E-state index contributed by atoms with van der Waals surface area (Å²) in [5.74, 6) is 0.390. The molecule has 3 aliphatic rings. The van der Waals surface area contributed by atoms with Gasteiger partial charge in [-0.25, -0.2) is 0 Å². The lowest BCUT2D eigenvalue weighted by Gasteiger charge is -2.31. The summed E-state index contributed by atoms with van der Waals surface area (Å²) in [6.07, 6.45) is 9.65. The summed E-state index contributed by atoms with van der Waals surface area (Å²) >= 11 is 6.21. The maximum absolute atomic E-state index is 13.8. The fraction of sp³-hybridized carbons (Fsp3) is 0.375.